The average molecular weight is 320 g/mol. The lowest BCUT2D eigenvalue weighted by Gasteiger charge is -2.26. The van der Waals surface area contributed by atoms with Gasteiger partial charge in [0, 0.05) is 19.3 Å². The van der Waals surface area contributed by atoms with E-state index in [2.05, 4.69) is 25.6 Å². The molecule has 2 heterocycles. The van der Waals surface area contributed by atoms with Crippen LogP contribution in [0.25, 0.3) is 0 Å². The maximum absolute atomic E-state index is 12.1. The molecule has 94 valence electrons. The van der Waals surface area contributed by atoms with Crippen molar-refractivity contribution in [1.29, 1.82) is 0 Å². The number of nitrogens with zero attached hydrogens (tertiary/aromatic N) is 2. The third kappa shape index (κ3) is 3.17. The number of rotatable bonds is 3. The van der Waals surface area contributed by atoms with Gasteiger partial charge in [-0.15, -0.1) is 0 Å². The fourth-order valence-electron chi connectivity index (χ4n) is 1.75. The van der Waals surface area contributed by atoms with E-state index >= 15 is 0 Å². The van der Waals surface area contributed by atoms with Crippen LogP contribution in [0.5, 0.6) is 0 Å². The third-order valence-corrected chi connectivity index (χ3v) is 4.78. The van der Waals surface area contributed by atoms with E-state index < -0.39 is 10.2 Å². The van der Waals surface area contributed by atoms with Crippen molar-refractivity contribution in [2.45, 2.75) is 19.3 Å². The number of halogens is 1. The van der Waals surface area contributed by atoms with E-state index in [-0.39, 0.29) is 0 Å². The Labute approximate surface area is 110 Å². The van der Waals surface area contributed by atoms with Gasteiger partial charge < -0.3 is 0 Å². The average Bonchev–Trinajstić information content (AvgIpc) is 2.33. The summed E-state index contributed by atoms with van der Waals surface area (Å²) in [5.74, 6) is 0.332. The van der Waals surface area contributed by atoms with Gasteiger partial charge in [-0.05, 0) is 40.9 Å². The van der Waals surface area contributed by atoms with Gasteiger partial charge in [0.2, 0.25) is 0 Å². The molecule has 1 aromatic rings. The Hall–Kier alpha value is -0.660. The van der Waals surface area contributed by atoms with Gasteiger partial charge in [0.25, 0.3) is 0 Å². The zero-order chi connectivity index (χ0) is 12.3. The van der Waals surface area contributed by atoms with Crippen LogP contribution in [0.15, 0.2) is 22.8 Å². The van der Waals surface area contributed by atoms with E-state index in [1.54, 1.807) is 18.3 Å². The summed E-state index contributed by atoms with van der Waals surface area (Å²) < 4.78 is 28.7. The predicted molar refractivity (Wildman–Crippen MR) is 69.9 cm³/mol. The number of hydrogen-bond acceptors (Lipinski definition) is 3. The third-order valence-electron chi connectivity index (χ3n) is 2.64. The fourth-order valence-corrected chi connectivity index (χ4v) is 3.51. The quantitative estimate of drug-likeness (QED) is 0.926. The lowest BCUT2D eigenvalue weighted by Crippen LogP contribution is -2.39. The van der Waals surface area contributed by atoms with Gasteiger partial charge in [-0.2, -0.15) is 12.7 Å². The van der Waals surface area contributed by atoms with Crippen molar-refractivity contribution in [3.8, 4) is 0 Å². The molecule has 1 saturated heterocycles. The molecule has 0 saturated carbocycles. The van der Waals surface area contributed by atoms with Crippen molar-refractivity contribution in [1.82, 2.24) is 9.29 Å². The van der Waals surface area contributed by atoms with Crippen molar-refractivity contribution in [3.05, 3.63) is 22.8 Å². The number of piperidine rings is 1. The molecule has 2 rings (SSSR count). The molecular weight excluding hydrogens is 306 g/mol. The van der Waals surface area contributed by atoms with E-state index in [0.717, 1.165) is 19.3 Å². The highest BCUT2D eigenvalue weighted by Crippen LogP contribution is 2.21. The molecular formula is C10H14BrN3O2S. The summed E-state index contributed by atoms with van der Waals surface area (Å²) in [7, 11) is -3.47. The Morgan fingerprint density at radius 3 is 2.65 bits per heavy atom. The first-order valence-electron chi connectivity index (χ1n) is 5.48. The van der Waals surface area contributed by atoms with Crippen LogP contribution in [0.2, 0.25) is 0 Å². The molecule has 17 heavy (non-hydrogen) atoms. The molecule has 1 aromatic heterocycles. The molecule has 0 spiro atoms. The molecule has 5 nitrogen and oxygen atoms in total. The molecule has 1 N–H and O–H groups in total. The van der Waals surface area contributed by atoms with Gasteiger partial charge in [0.05, 0.1) is 4.47 Å². The SMILES string of the molecule is O=S(=O)(Nc1ncccc1Br)N1CCCCC1. The molecule has 0 amide bonds. The van der Waals surface area contributed by atoms with Crippen molar-refractivity contribution < 1.29 is 8.42 Å². The van der Waals surface area contributed by atoms with E-state index in [0.29, 0.717) is 23.4 Å². The first-order valence-corrected chi connectivity index (χ1v) is 7.71. The molecule has 0 radical (unpaired) electrons. The fraction of sp³-hybridized carbons (Fsp3) is 0.500. The van der Waals surface area contributed by atoms with E-state index in [1.807, 2.05) is 0 Å². The highest BCUT2D eigenvalue weighted by molar-refractivity contribution is 9.10. The van der Waals surface area contributed by atoms with Crippen LogP contribution in [0.4, 0.5) is 5.82 Å². The van der Waals surface area contributed by atoms with Crippen LogP contribution in [-0.2, 0) is 10.2 Å². The first-order chi connectivity index (χ1) is 8.09. The van der Waals surface area contributed by atoms with Crippen LogP contribution in [-0.4, -0.2) is 30.8 Å². The molecule has 1 fully saturated rings. The summed E-state index contributed by atoms with van der Waals surface area (Å²) >= 11 is 3.26. The number of anilines is 1. The first kappa shape index (κ1) is 12.8. The largest absolute Gasteiger partial charge is 0.302 e. The van der Waals surface area contributed by atoms with Gasteiger partial charge in [-0.3, -0.25) is 4.72 Å². The maximum Gasteiger partial charge on any atom is 0.302 e. The van der Waals surface area contributed by atoms with Gasteiger partial charge in [-0.25, -0.2) is 4.98 Å². The maximum atomic E-state index is 12.1. The van der Waals surface area contributed by atoms with E-state index in [9.17, 15) is 8.42 Å². The highest BCUT2D eigenvalue weighted by Gasteiger charge is 2.24. The van der Waals surface area contributed by atoms with Crippen molar-refractivity contribution in [3.63, 3.8) is 0 Å². The van der Waals surface area contributed by atoms with Gasteiger partial charge in [0.15, 0.2) is 5.82 Å². The number of hydrogen-bond donors (Lipinski definition) is 1. The zero-order valence-corrected chi connectivity index (χ0v) is 11.7. The summed E-state index contributed by atoms with van der Waals surface area (Å²) in [6.45, 7) is 1.17. The Balaban J connectivity index is 2.14. The van der Waals surface area contributed by atoms with Gasteiger partial charge in [-0.1, -0.05) is 6.42 Å². The number of pyridine rings is 1. The summed E-state index contributed by atoms with van der Waals surface area (Å²) in [5, 5.41) is 0. The molecule has 0 atom stereocenters. The van der Waals surface area contributed by atoms with E-state index in [4.69, 9.17) is 0 Å². The molecule has 0 bridgehead atoms. The lowest BCUT2D eigenvalue weighted by molar-refractivity contribution is 0.349. The van der Waals surface area contributed by atoms with Crippen LogP contribution < -0.4 is 4.72 Å². The van der Waals surface area contributed by atoms with Crippen LogP contribution >= 0.6 is 15.9 Å². The molecule has 1 aliphatic rings. The smallest absolute Gasteiger partial charge is 0.254 e. The number of nitrogens with one attached hydrogen (secondary N) is 1. The topological polar surface area (TPSA) is 62.3 Å². The molecule has 0 aliphatic carbocycles. The Morgan fingerprint density at radius 1 is 1.29 bits per heavy atom. The Morgan fingerprint density at radius 2 is 2.00 bits per heavy atom. The van der Waals surface area contributed by atoms with Gasteiger partial charge >= 0.3 is 10.2 Å². The second kappa shape index (κ2) is 5.32. The van der Waals surface area contributed by atoms with Crippen molar-refractivity contribution in [2.75, 3.05) is 17.8 Å². The van der Waals surface area contributed by atoms with Crippen molar-refractivity contribution in [2.24, 2.45) is 0 Å². The Kier molecular flexibility index (Phi) is 4.01. The zero-order valence-electron chi connectivity index (χ0n) is 9.26. The molecule has 7 heteroatoms. The lowest BCUT2D eigenvalue weighted by atomic mass is 10.2. The standard InChI is InChI=1S/C10H14BrN3O2S/c11-9-5-4-6-12-10(9)13-17(15,16)14-7-2-1-3-8-14/h4-6H,1-3,7-8H2,(H,12,13). The Bertz CT molecular complexity index is 486. The van der Waals surface area contributed by atoms with Crippen LogP contribution in [0.3, 0.4) is 0 Å². The summed E-state index contributed by atoms with van der Waals surface area (Å²) in [6.07, 6.45) is 4.49. The minimum absolute atomic E-state index is 0.332. The van der Waals surface area contributed by atoms with Crippen molar-refractivity contribution >= 4 is 32.0 Å². The van der Waals surface area contributed by atoms with Crippen LogP contribution in [0, 0.1) is 0 Å². The number of aromatic nitrogens is 1. The normalized spacial score (nSPS) is 17.9. The summed E-state index contributed by atoms with van der Waals surface area (Å²) in [4.78, 5) is 3.99. The van der Waals surface area contributed by atoms with E-state index in [1.165, 1.54) is 4.31 Å². The molecule has 0 aromatic carbocycles. The monoisotopic (exact) mass is 319 g/mol. The predicted octanol–water partition coefficient (Wildman–Crippen LogP) is 1.99. The second-order valence-corrected chi connectivity index (χ2v) is 6.43. The molecule has 0 unspecified atom stereocenters. The second-order valence-electron chi connectivity index (χ2n) is 3.90. The minimum atomic E-state index is -3.47. The molecule has 1 aliphatic heterocycles. The minimum Gasteiger partial charge on any atom is -0.254 e. The highest BCUT2D eigenvalue weighted by atomic mass is 79.9. The van der Waals surface area contributed by atoms with Crippen LogP contribution in [0.1, 0.15) is 19.3 Å². The van der Waals surface area contributed by atoms with Gasteiger partial charge in [0.1, 0.15) is 0 Å². The summed E-state index contributed by atoms with van der Waals surface area (Å²) in [5.41, 5.74) is 0. The summed E-state index contributed by atoms with van der Waals surface area (Å²) in [6, 6.07) is 3.49.